The number of aryl methyl sites for hydroxylation is 1. The Kier molecular flexibility index (Phi) is 4.84. The van der Waals surface area contributed by atoms with E-state index >= 15 is 0 Å². The van der Waals surface area contributed by atoms with Crippen LogP contribution in [0.25, 0.3) is 16.3 Å². The lowest BCUT2D eigenvalue weighted by Crippen LogP contribution is -2.23. The number of hydrogen-bond acceptors (Lipinski definition) is 7. The molecule has 0 saturated carbocycles. The molecule has 9 heteroatoms. The molecule has 1 aromatic carbocycles. The van der Waals surface area contributed by atoms with Crippen LogP contribution in [0.1, 0.15) is 18.0 Å². The van der Waals surface area contributed by atoms with Crippen molar-refractivity contribution in [2.75, 3.05) is 7.11 Å². The number of ether oxygens (including phenoxy) is 1. The minimum absolute atomic E-state index is 0.0875. The van der Waals surface area contributed by atoms with Gasteiger partial charge in [-0.3, -0.25) is 9.20 Å². The maximum absolute atomic E-state index is 12.0. The molecule has 0 aliphatic carbocycles. The summed E-state index contributed by atoms with van der Waals surface area (Å²) in [7, 11) is 1.61. The van der Waals surface area contributed by atoms with Crippen LogP contribution in [0.5, 0.6) is 5.75 Å². The van der Waals surface area contributed by atoms with Crippen LogP contribution in [0.2, 0.25) is 0 Å². The van der Waals surface area contributed by atoms with Crippen LogP contribution < -0.4 is 10.1 Å². The summed E-state index contributed by atoms with van der Waals surface area (Å²) in [5.41, 5.74) is 1.66. The number of carbonyl (C=O) groups is 1. The molecule has 0 aliphatic rings. The van der Waals surface area contributed by atoms with E-state index < -0.39 is 0 Å². The summed E-state index contributed by atoms with van der Waals surface area (Å²) >= 11 is 1.56. The van der Waals surface area contributed by atoms with E-state index in [4.69, 9.17) is 9.26 Å². The Morgan fingerprint density at radius 2 is 2.15 bits per heavy atom. The Morgan fingerprint density at radius 3 is 2.93 bits per heavy atom. The van der Waals surface area contributed by atoms with Gasteiger partial charge in [0.15, 0.2) is 4.96 Å². The molecule has 0 unspecified atom stereocenters. The first-order valence-electron chi connectivity index (χ1n) is 8.36. The topological polar surface area (TPSA) is 94.5 Å². The number of amides is 1. The highest BCUT2D eigenvalue weighted by Gasteiger charge is 2.11. The molecule has 0 bridgehead atoms. The second-order valence-electron chi connectivity index (χ2n) is 5.84. The smallest absolute Gasteiger partial charge is 0.227 e. The third kappa shape index (κ3) is 3.98. The Hall–Kier alpha value is -3.20. The average molecular weight is 383 g/mol. The van der Waals surface area contributed by atoms with Gasteiger partial charge in [-0.2, -0.15) is 4.98 Å². The number of hydrogen-bond donors (Lipinski definition) is 1. The molecule has 3 heterocycles. The standard InChI is InChI=1S/C18H17N5O3S/c1-25-14-4-2-12(3-5-14)17-21-16(26-22-17)7-6-15(24)19-10-13-11-23-8-9-27-18(23)20-13/h2-5,8-9,11H,6-7,10H2,1H3,(H,19,24). The van der Waals surface area contributed by atoms with Crippen LogP contribution in [-0.2, 0) is 17.8 Å². The Morgan fingerprint density at radius 1 is 1.30 bits per heavy atom. The first-order chi connectivity index (χ1) is 13.2. The minimum atomic E-state index is -0.0875. The molecule has 4 rings (SSSR count). The van der Waals surface area contributed by atoms with Gasteiger partial charge in [0, 0.05) is 36.2 Å². The van der Waals surface area contributed by atoms with Gasteiger partial charge in [0.2, 0.25) is 17.6 Å². The molecule has 1 amide bonds. The van der Waals surface area contributed by atoms with E-state index in [0.29, 0.717) is 24.7 Å². The van der Waals surface area contributed by atoms with Crippen LogP contribution in [0, 0.1) is 0 Å². The van der Waals surface area contributed by atoms with Crippen molar-refractivity contribution in [1.82, 2.24) is 24.8 Å². The van der Waals surface area contributed by atoms with Crippen molar-refractivity contribution in [2.24, 2.45) is 0 Å². The van der Waals surface area contributed by atoms with Crippen LogP contribution in [0.3, 0.4) is 0 Å². The third-order valence-electron chi connectivity index (χ3n) is 3.99. The first-order valence-corrected chi connectivity index (χ1v) is 9.24. The van der Waals surface area contributed by atoms with Crippen molar-refractivity contribution in [3.05, 3.63) is 53.6 Å². The molecule has 0 fully saturated rings. The fraction of sp³-hybridized carbons (Fsp3) is 0.222. The van der Waals surface area contributed by atoms with E-state index in [-0.39, 0.29) is 12.3 Å². The zero-order chi connectivity index (χ0) is 18.6. The van der Waals surface area contributed by atoms with Gasteiger partial charge in [-0.25, -0.2) is 4.98 Å². The number of thiazole rings is 1. The molecule has 0 radical (unpaired) electrons. The highest BCUT2D eigenvalue weighted by atomic mass is 32.1. The lowest BCUT2D eigenvalue weighted by Gasteiger charge is -2.01. The normalized spacial score (nSPS) is 11.0. The van der Waals surface area contributed by atoms with E-state index in [9.17, 15) is 4.79 Å². The number of carbonyl (C=O) groups excluding carboxylic acids is 1. The van der Waals surface area contributed by atoms with Crippen LogP contribution in [-0.4, -0.2) is 32.5 Å². The SMILES string of the molecule is COc1ccc(-c2noc(CCC(=O)NCc3cn4ccsc4n3)n2)cc1. The molecule has 3 aromatic heterocycles. The van der Waals surface area contributed by atoms with Gasteiger partial charge in [-0.1, -0.05) is 5.16 Å². The summed E-state index contributed by atoms with van der Waals surface area (Å²) in [4.78, 5) is 21.7. The number of rotatable bonds is 7. The Balaban J connectivity index is 1.28. The van der Waals surface area contributed by atoms with Crippen molar-refractivity contribution in [3.63, 3.8) is 0 Å². The van der Waals surface area contributed by atoms with Crippen LogP contribution >= 0.6 is 11.3 Å². The van der Waals surface area contributed by atoms with E-state index in [1.807, 2.05) is 46.4 Å². The number of fused-ring (bicyclic) bond motifs is 1. The summed E-state index contributed by atoms with van der Waals surface area (Å²) in [5, 5.41) is 8.79. The Bertz CT molecular complexity index is 1020. The highest BCUT2D eigenvalue weighted by Crippen LogP contribution is 2.20. The van der Waals surface area contributed by atoms with Gasteiger partial charge < -0.3 is 14.6 Å². The van der Waals surface area contributed by atoms with Gasteiger partial charge in [0.25, 0.3) is 0 Å². The molecule has 0 saturated heterocycles. The van der Waals surface area contributed by atoms with Crippen molar-refractivity contribution in [1.29, 1.82) is 0 Å². The highest BCUT2D eigenvalue weighted by molar-refractivity contribution is 7.15. The molecule has 0 spiro atoms. The molecule has 138 valence electrons. The zero-order valence-electron chi connectivity index (χ0n) is 14.6. The molecule has 4 aromatic rings. The Labute approximate surface area is 158 Å². The molecule has 0 atom stereocenters. The van der Waals surface area contributed by atoms with Gasteiger partial charge in [0.1, 0.15) is 5.75 Å². The summed E-state index contributed by atoms with van der Waals surface area (Å²) in [6.07, 6.45) is 4.50. The molecular formula is C18H17N5O3S. The van der Waals surface area contributed by atoms with Crippen molar-refractivity contribution in [2.45, 2.75) is 19.4 Å². The average Bonchev–Trinajstić information content (AvgIpc) is 3.41. The predicted molar refractivity (Wildman–Crippen MR) is 99.5 cm³/mol. The monoisotopic (exact) mass is 383 g/mol. The largest absolute Gasteiger partial charge is 0.497 e. The van der Waals surface area contributed by atoms with Crippen molar-refractivity contribution in [3.8, 4) is 17.1 Å². The van der Waals surface area contributed by atoms with Gasteiger partial charge in [-0.15, -0.1) is 11.3 Å². The number of benzene rings is 1. The summed E-state index contributed by atoms with van der Waals surface area (Å²) in [6.45, 7) is 0.397. The third-order valence-corrected chi connectivity index (χ3v) is 4.76. The summed E-state index contributed by atoms with van der Waals surface area (Å²) in [6, 6.07) is 7.38. The molecular weight excluding hydrogens is 366 g/mol. The fourth-order valence-electron chi connectivity index (χ4n) is 2.57. The number of nitrogens with one attached hydrogen (secondary N) is 1. The van der Waals surface area contributed by atoms with Gasteiger partial charge in [-0.05, 0) is 24.3 Å². The molecule has 1 N–H and O–H groups in total. The second-order valence-corrected chi connectivity index (χ2v) is 6.72. The van der Waals surface area contributed by atoms with Crippen LogP contribution in [0.15, 0.2) is 46.6 Å². The maximum Gasteiger partial charge on any atom is 0.227 e. The summed E-state index contributed by atoms with van der Waals surface area (Å²) in [5.74, 6) is 1.59. The fourth-order valence-corrected chi connectivity index (χ4v) is 3.29. The number of methoxy groups -OCH3 is 1. The summed E-state index contributed by atoms with van der Waals surface area (Å²) < 4.78 is 12.3. The minimum Gasteiger partial charge on any atom is -0.497 e. The first kappa shape index (κ1) is 17.2. The van der Waals surface area contributed by atoms with Crippen molar-refractivity contribution >= 4 is 22.2 Å². The van der Waals surface area contributed by atoms with Gasteiger partial charge >= 0.3 is 0 Å². The lowest BCUT2D eigenvalue weighted by molar-refractivity contribution is -0.121. The van der Waals surface area contributed by atoms with E-state index in [1.165, 1.54) is 0 Å². The molecule has 0 aliphatic heterocycles. The molecule has 8 nitrogen and oxygen atoms in total. The van der Waals surface area contributed by atoms with Gasteiger partial charge in [0.05, 0.1) is 19.3 Å². The number of aromatic nitrogens is 4. The van der Waals surface area contributed by atoms with Crippen molar-refractivity contribution < 1.29 is 14.1 Å². The zero-order valence-corrected chi connectivity index (χ0v) is 15.4. The quantitative estimate of drug-likeness (QED) is 0.527. The number of imidazole rings is 1. The lowest BCUT2D eigenvalue weighted by atomic mass is 10.2. The van der Waals surface area contributed by atoms with Crippen LogP contribution in [0.4, 0.5) is 0 Å². The molecule has 27 heavy (non-hydrogen) atoms. The van der Waals surface area contributed by atoms with E-state index in [1.54, 1.807) is 18.4 Å². The predicted octanol–water partition coefficient (Wildman–Crippen LogP) is 2.70. The maximum atomic E-state index is 12.0. The van der Waals surface area contributed by atoms with E-state index in [2.05, 4.69) is 20.4 Å². The van der Waals surface area contributed by atoms with E-state index in [0.717, 1.165) is 22.0 Å². The second kappa shape index (κ2) is 7.58. The number of nitrogens with zero attached hydrogens (tertiary/aromatic N) is 4.